The molecule has 0 heterocycles. The van der Waals surface area contributed by atoms with Crippen molar-refractivity contribution >= 4 is 19.8 Å². The van der Waals surface area contributed by atoms with Gasteiger partial charge in [-0.2, -0.15) is 0 Å². The van der Waals surface area contributed by atoms with Crippen molar-refractivity contribution in [2.24, 2.45) is 0 Å². The van der Waals surface area contributed by atoms with Crippen LogP contribution in [-0.4, -0.2) is 41.0 Å². The van der Waals surface area contributed by atoms with Gasteiger partial charge in [-0.1, -0.05) is 136 Å². The smallest absolute Gasteiger partial charge is 0.462 e. The van der Waals surface area contributed by atoms with Crippen molar-refractivity contribution in [1.29, 1.82) is 0 Å². The third-order valence-corrected chi connectivity index (χ3v) is 7.77. The molecule has 0 aliphatic rings. The molecular weight excluding hydrogens is 675 g/mol. The minimum Gasteiger partial charge on any atom is -0.462 e. The van der Waals surface area contributed by atoms with E-state index in [1.165, 1.54) is 25.7 Å². The van der Waals surface area contributed by atoms with Crippen molar-refractivity contribution in [3.05, 3.63) is 109 Å². The largest absolute Gasteiger partial charge is 0.469 e. The summed E-state index contributed by atoms with van der Waals surface area (Å²) in [4.78, 5) is 42.7. The lowest BCUT2D eigenvalue weighted by molar-refractivity contribution is -0.161. The maximum absolute atomic E-state index is 12.3. The fourth-order valence-corrected chi connectivity index (χ4v) is 4.82. The number of rotatable bonds is 33. The summed E-state index contributed by atoms with van der Waals surface area (Å²) in [5, 5.41) is 0. The molecular formula is C43H67O8P. The van der Waals surface area contributed by atoms with Gasteiger partial charge in [0.1, 0.15) is 6.61 Å². The minimum absolute atomic E-state index is 0.127. The highest BCUT2D eigenvalue weighted by Crippen LogP contribution is 2.35. The molecule has 9 heteroatoms. The lowest BCUT2D eigenvalue weighted by atomic mass is 10.2. The molecule has 0 fully saturated rings. The van der Waals surface area contributed by atoms with Crippen LogP contribution in [0.15, 0.2) is 109 Å². The zero-order chi connectivity index (χ0) is 38.2. The van der Waals surface area contributed by atoms with Crippen molar-refractivity contribution in [2.75, 3.05) is 13.2 Å². The maximum atomic E-state index is 12.3. The summed E-state index contributed by atoms with van der Waals surface area (Å²) >= 11 is 0. The van der Waals surface area contributed by atoms with Gasteiger partial charge in [-0.05, 0) is 89.9 Å². The first kappa shape index (κ1) is 48.7. The molecule has 0 saturated heterocycles. The predicted molar refractivity (Wildman–Crippen MR) is 216 cm³/mol. The van der Waals surface area contributed by atoms with Gasteiger partial charge in [-0.15, -0.1) is 0 Å². The van der Waals surface area contributed by atoms with E-state index < -0.39 is 32.5 Å². The van der Waals surface area contributed by atoms with E-state index in [9.17, 15) is 14.2 Å². The summed E-state index contributed by atoms with van der Waals surface area (Å²) in [7, 11) is -4.79. The maximum Gasteiger partial charge on any atom is 0.469 e. The molecule has 0 radical (unpaired) electrons. The standard InChI is InChI=1S/C43H67O8P/c1-3-5-7-9-11-13-15-17-19-20-21-22-24-25-27-29-31-33-35-37-42(44)49-39-41(40-50-52(46,47)48)51-43(45)38-36-34-32-30-28-26-23-18-16-14-12-10-8-6-4-2/h6,8,11-14,17-19,21-23,25,27-28,30-31,33,41H,3-5,7,9-10,15-16,20,24,26,29,32,34-40H2,1-2H3,(H2,46,47,48)/b8-6+,13-11+,14-12+,19-17+,22-21+,23-18+,27-25+,30-28+,33-31+/t41-/m1/s1. The number of allylic oxidation sites excluding steroid dienone is 18. The van der Waals surface area contributed by atoms with Crippen LogP contribution in [0.2, 0.25) is 0 Å². The Balaban J connectivity index is 4.19. The lowest BCUT2D eigenvalue weighted by Gasteiger charge is -2.18. The van der Waals surface area contributed by atoms with Crippen LogP contribution < -0.4 is 0 Å². The molecule has 52 heavy (non-hydrogen) atoms. The monoisotopic (exact) mass is 742 g/mol. The number of hydrogen-bond donors (Lipinski definition) is 2. The number of hydrogen-bond acceptors (Lipinski definition) is 6. The highest BCUT2D eigenvalue weighted by molar-refractivity contribution is 7.46. The second kappa shape index (κ2) is 37.5. The number of unbranched alkanes of at least 4 members (excludes halogenated alkanes) is 5. The van der Waals surface area contributed by atoms with E-state index in [4.69, 9.17) is 19.3 Å². The van der Waals surface area contributed by atoms with Gasteiger partial charge in [0.05, 0.1) is 6.61 Å². The molecule has 0 aliphatic heterocycles. The van der Waals surface area contributed by atoms with E-state index in [-0.39, 0.29) is 19.4 Å². The van der Waals surface area contributed by atoms with E-state index in [0.717, 1.165) is 64.2 Å². The Labute approximate surface area is 315 Å². The summed E-state index contributed by atoms with van der Waals surface area (Å²) in [6.45, 7) is 3.41. The van der Waals surface area contributed by atoms with Gasteiger partial charge in [0.25, 0.3) is 0 Å². The molecule has 2 N–H and O–H groups in total. The highest BCUT2D eigenvalue weighted by atomic mass is 31.2. The Morgan fingerprint density at radius 1 is 0.519 bits per heavy atom. The molecule has 0 aromatic heterocycles. The second-order valence-corrected chi connectivity index (χ2v) is 13.4. The number of phosphoric acid groups is 1. The van der Waals surface area contributed by atoms with Gasteiger partial charge in [-0.25, -0.2) is 4.57 Å². The average molecular weight is 743 g/mol. The first-order chi connectivity index (χ1) is 25.3. The van der Waals surface area contributed by atoms with E-state index >= 15 is 0 Å². The first-order valence-electron chi connectivity index (χ1n) is 19.2. The van der Waals surface area contributed by atoms with E-state index in [1.54, 1.807) is 0 Å². The second-order valence-electron chi connectivity index (χ2n) is 12.2. The van der Waals surface area contributed by atoms with Crippen LogP contribution in [0.1, 0.15) is 129 Å². The highest BCUT2D eigenvalue weighted by Gasteiger charge is 2.22. The van der Waals surface area contributed by atoms with Crippen molar-refractivity contribution in [3.63, 3.8) is 0 Å². The van der Waals surface area contributed by atoms with Gasteiger partial charge >= 0.3 is 19.8 Å². The van der Waals surface area contributed by atoms with Gasteiger partial charge < -0.3 is 19.3 Å². The fraction of sp³-hybridized carbons (Fsp3) is 0.535. The third kappa shape index (κ3) is 39.5. The van der Waals surface area contributed by atoms with Crippen LogP contribution in [0.5, 0.6) is 0 Å². The van der Waals surface area contributed by atoms with Gasteiger partial charge in [0.15, 0.2) is 6.10 Å². The summed E-state index contributed by atoms with van der Waals surface area (Å²) in [6.07, 6.45) is 52.5. The SMILES string of the molecule is CC/C=C/C/C=C/C/C=C/C/C=C/CCCCC(=O)O[C@H](COC(=O)CC/C=C/C/C=C/C/C=C/C/C=C/C/C=C/CCCCC)COP(=O)(O)O. The molecule has 0 bridgehead atoms. The van der Waals surface area contributed by atoms with E-state index in [2.05, 4.69) is 116 Å². The van der Waals surface area contributed by atoms with Gasteiger partial charge in [0, 0.05) is 12.8 Å². The summed E-state index contributed by atoms with van der Waals surface area (Å²) < 4.78 is 26.2. The van der Waals surface area contributed by atoms with Gasteiger partial charge in [0.2, 0.25) is 0 Å². The van der Waals surface area contributed by atoms with Crippen molar-refractivity contribution < 1.29 is 37.9 Å². The Hall–Kier alpha value is -3.29. The summed E-state index contributed by atoms with van der Waals surface area (Å²) in [5.74, 6) is -1.04. The summed E-state index contributed by atoms with van der Waals surface area (Å²) in [6, 6.07) is 0. The van der Waals surface area contributed by atoms with Gasteiger partial charge in [-0.3, -0.25) is 14.1 Å². The Morgan fingerprint density at radius 3 is 1.38 bits per heavy atom. The molecule has 292 valence electrons. The normalized spacial score (nSPS) is 13.7. The molecule has 0 spiro atoms. The lowest BCUT2D eigenvalue weighted by Crippen LogP contribution is -2.29. The molecule has 0 rings (SSSR count). The molecule has 0 aromatic rings. The molecule has 0 aromatic carbocycles. The van der Waals surface area contributed by atoms with Crippen LogP contribution in [0, 0.1) is 0 Å². The predicted octanol–water partition coefficient (Wildman–Crippen LogP) is 11.6. The van der Waals surface area contributed by atoms with Crippen LogP contribution in [-0.2, 0) is 28.2 Å². The Kier molecular flexibility index (Phi) is 35.1. The quantitative estimate of drug-likeness (QED) is 0.0295. The minimum atomic E-state index is -4.79. The molecule has 8 nitrogen and oxygen atoms in total. The van der Waals surface area contributed by atoms with Crippen LogP contribution >= 0.6 is 7.82 Å². The fourth-order valence-electron chi connectivity index (χ4n) is 4.46. The zero-order valence-corrected chi connectivity index (χ0v) is 32.8. The van der Waals surface area contributed by atoms with Crippen molar-refractivity contribution in [1.82, 2.24) is 0 Å². The number of carbonyl (C=O) groups excluding carboxylic acids is 2. The van der Waals surface area contributed by atoms with Crippen molar-refractivity contribution in [3.8, 4) is 0 Å². The zero-order valence-electron chi connectivity index (χ0n) is 31.9. The van der Waals surface area contributed by atoms with E-state index in [0.29, 0.717) is 12.8 Å². The van der Waals surface area contributed by atoms with E-state index in [1.807, 2.05) is 12.2 Å². The summed E-state index contributed by atoms with van der Waals surface area (Å²) in [5.41, 5.74) is 0. The molecule has 1 atom stereocenters. The van der Waals surface area contributed by atoms with Crippen molar-refractivity contribution in [2.45, 2.75) is 136 Å². The number of carbonyl (C=O) groups is 2. The Bertz CT molecular complexity index is 1200. The Morgan fingerprint density at radius 2 is 0.942 bits per heavy atom. The van der Waals surface area contributed by atoms with Crippen LogP contribution in [0.25, 0.3) is 0 Å². The third-order valence-electron chi connectivity index (χ3n) is 7.29. The molecule has 0 aliphatic carbocycles. The first-order valence-corrected chi connectivity index (χ1v) is 20.7. The molecule has 0 unspecified atom stereocenters. The van der Waals surface area contributed by atoms with Crippen LogP contribution in [0.4, 0.5) is 0 Å². The number of ether oxygens (including phenoxy) is 2. The number of esters is 2. The molecule has 0 amide bonds. The van der Waals surface area contributed by atoms with Crippen LogP contribution in [0.3, 0.4) is 0 Å². The molecule has 0 saturated carbocycles. The topological polar surface area (TPSA) is 119 Å². The number of phosphoric ester groups is 1. The average Bonchev–Trinajstić information content (AvgIpc) is 3.11.